The highest BCUT2D eigenvalue weighted by Gasteiger charge is 2.10. The SMILES string of the molecule is C[C@H](O)CN1CCCSCC1. The van der Waals surface area contributed by atoms with Crippen LogP contribution in [0, 0.1) is 0 Å². The largest absolute Gasteiger partial charge is 0.392 e. The highest BCUT2D eigenvalue weighted by molar-refractivity contribution is 7.99. The number of aliphatic hydroxyl groups is 1. The lowest BCUT2D eigenvalue weighted by Crippen LogP contribution is -2.32. The lowest BCUT2D eigenvalue weighted by atomic mass is 10.3. The van der Waals surface area contributed by atoms with Gasteiger partial charge in [-0.15, -0.1) is 0 Å². The molecule has 0 bridgehead atoms. The first-order chi connectivity index (χ1) is 5.29. The van der Waals surface area contributed by atoms with Gasteiger partial charge >= 0.3 is 0 Å². The second-order valence-electron chi connectivity index (χ2n) is 3.12. The summed E-state index contributed by atoms with van der Waals surface area (Å²) in [4.78, 5) is 2.35. The minimum absolute atomic E-state index is 0.168. The molecule has 0 amide bonds. The minimum atomic E-state index is -0.168. The average molecular weight is 175 g/mol. The Labute approximate surface area is 73.0 Å². The van der Waals surface area contributed by atoms with E-state index in [1.165, 1.54) is 17.9 Å². The Morgan fingerprint density at radius 2 is 2.27 bits per heavy atom. The zero-order chi connectivity index (χ0) is 8.10. The normalized spacial score (nSPS) is 24.5. The molecule has 1 saturated heterocycles. The van der Waals surface area contributed by atoms with Crippen LogP contribution in [0.1, 0.15) is 13.3 Å². The lowest BCUT2D eigenvalue weighted by molar-refractivity contribution is 0.131. The van der Waals surface area contributed by atoms with Crippen LogP contribution >= 0.6 is 11.8 Å². The van der Waals surface area contributed by atoms with Gasteiger partial charge < -0.3 is 5.11 Å². The van der Waals surface area contributed by atoms with E-state index in [0.29, 0.717) is 0 Å². The Kier molecular flexibility index (Phi) is 4.26. The van der Waals surface area contributed by atoms with E-state index in [1.807, 2.05) is 18.7 Å². The van der Waals surface area contributed by atoms with E-state index in [4.69, 9.17) is 5.11 Å². The molecule has 3 heteroatoms. The van der Waals surface area contributed by atoms with Gasteiger partial charge in [0.25, 0.3) is 0 Å². The Bertz CT molecular complexity index is 100. The van der Waals surface area contributed by atoms with Crippen molar-refractivity contribution in [2.75, 3.05) is 31.1 Å². The fraction of sp³-hybridized carbons (Fsp3) is 1.00. The predicted octanol–water partition coefficient (Wildman–Crippen LogP) is 0.806. The Hall–Kier alpha value is 0.270. The first-order valence-corrected chi connectivity index (χ1v) is 5.42. The van der Waals surface area contributed by atoms with E-state index in [-0.39, 0.29) is 6.10 Å². The standard InChI is InChI=1S/C8H17NOS/c1-8(10)7-9-3-2-5-11-6-4-9/h8,10H,2-7H2,1H3/t8-/m0/s1. The molecular formula is C8H17NOS. The fourth-order valence-electron chi connectivity index (χ4n) is 1.35. The molecule has 11 heavy (non-hydrogen) atoms. The molecule has 0 aromatic rings. The van der Waals surface area contributed by atoms with Gasteiger partial charge in [0.05, 0.1) is 6.10 Å². The summed E-state index contributed by atoms with van der Waals surface area (Å²) < 4.78 is 0. The van der Waals surface area contributed by atoms with E-state index in [2.05, 4.69) is 4.90 Å². The molecule has 0 spiro atoms. The van der Waals surface area contributed by atoms with Gasteiger partial charge in [-0.25, -0.2) is 0 Å². The zero-order valence-corrected chi connectivity index (χ0v) is 7.94. The lowest BCUT2D eigenvalue weighted by Gasteiger charge is -2.20. The summed E-state index contributed by atoms with van der Waals surface area (Å²) in [5.74, 6) is 2.52. The molecule has 0 aliphatic carbocycles. The summed E-state index contributed by atoms with van der Waals surface area (Å²) in [7, 11) is 0. The zero-order valence-electron chi connectivity index (χ0n) is 7.12. The molecule has 0 aromatic carbocycles. The van der Waals surface area contributed by atoms with Gasteiger partial charge in [0.15, 0.2) is 0 Å². The van der Waals surface area contributed by atoms with E-state index in [9.17, 15) is 0 Å². The van der Waals surface area contributed by atoms with E-state index in [0.717, 1.165) is 19.6 Å². The molecule has 1 N–H and O–H groups in total. The summed E-state index contributed by atoms with van der Waals surface area (Å²) in [6.07, 6.45) is 1.11. The summed E-state index contributed by atoms with van der Waals surface area (Å²) in [5, 5.41) is 9.15. The minimum Gasteiger partial charge on any atom is -0.392 e. The maximum atomic E-state index is 9.15. The second-order valence-corrected chi connectivity index (χ2v) is 4.34. The molecule has 0 unspecified atom stereocenters. The van der Waals surface area contributed by atoms with Gasteiger partial charge in [0.1, 0.15) is 0 Å². The number of hydrogen-bond donors (Lipinski definition) is 1. The number of β-amino-alcohol motifs (C(OH)–C–C–N with tert-alkyl or cyclic N) is 1. The van der Waals surface area contributed by atoms with E-state index >= 15 is 0 Å². The molecule has 0 radical (unpaired) electrons. The molecule has 1 rings (SSSR count). The molecule has 1 fully saturated rings. The van der Waals surface area contributed by atoms with Gasteiger partial charge in [0.2, 0.25) is 0 Å². The van der Waals surface area contributed by atoms with Crippen LogP contribution in [0.15, 0.2) is 0 Å². The van der Waals surface area contributed by atoms with Crippen LogP contribution in [0.3, 0.4) is 0 Å². The van der Waals surface area contributed by atoms with Crippen molar-refractivity contribution >= 4 is 11.8 Å². The molecule has 66 valence electrons. The number of nitrogens with zero attached hydrogens (tertiary/aromatic N) is 1. The highest BCUT2D eigenvalue weighted by atomic mass is 32.2. The van der Waals surface area contributed by atoms with Crippen LogP contribution in [0.2, 0.25) is 0 Å². The second kappa shape index (κ2) is 5.01. The predicted molar refractivity (Wildman–Crippen MR) is 50.1 cm³/mol. The van der Waals surface area contributed by atoms with Crippen LogP contribution in [0.4, 0.5) is 0 Å². The van der Waals surface area contributed by atoms with Crippen molar-refractivity contribution in [2.24, 2.45) is 0 Å². The van der Waals surface area contributed by atoms with Gasteiger partial charge in [-0.2, -0.15) is 11.8 Å². The third-order valence-electron chi connectivity index (χ3n) is 1.84. The van der Waals surface area contributed by atoms with Crippen molar-refractivity contribution in [1.29, 1.82) is 0 Å². The van der Waals surface area contributed by atoms with Gasteiger partial charge in [-0.1, -0.05) is 0 Å². The molecular weight excluding hydrogens is 158 g/mol. The van der Waals surface area contributed by atoms with E-state index in [1.54, 1.807) is 0 Å². The monoisotopic (exact) mass is 175 g/mol. The fourth-order valence-corrected chi connectivity index (χ4v) is 2.28. The Balaban J connectivity index is 2.20. The van der Waals surface area contributed by atoms with Crippen molar-refractivity contribution in [3.8, 4) is 0 Å². The smallest absolute Gasteiger partial charge is 0.0639 e. The Morgan fingerprint density at radius 1 is 1.45 bits per heavy atom. The van der Waals surface area contributed by atoms with Crippen molar-refractivity contribution < 1.29 is 5.11 Å². The molecule has 1 aliphatic heterocycles. The number of rotatable bonds is 2. The van der Waals surface area contributed by atoms with Gasteiger partial charge in [-0.05, 0) is 25.6 Å². The van der Waals surface area contributed by atoms with Crippen LogP contribution in [0.5, 0.6) is 0 Å². The number of hydrogen-bond acceptors (Lipinski definition) is 3. The average Bonchev–Trinajstić information content (AvgIpc) is 2.14. The summed E-state index contributed by atoms with van der Waals surface area (Å²) in [6.45, 7) is 5.02. The Morgan fingerprint density at radius 3 is 3.00 bits per heavy atom. The maximum absolute atomic E-state index is 9.15. The summed E-state index contributed by atoms with van der Waals surface area (Å²) >= 11 is 2.02. The molecule has 1 atom stereocenters. The van der Waals surface area contributed by atoms with Crippen molar-refractivity contribution in [3.63, 3.8) is 0 Å². The van der Waals surface area contributed by atoms with Gasteiger partial charge in [0, 0.05) is 18.8 Å². The highest BCUT2D eigenvalue weighted by Crippen LogP contribution is 2.09. The van der Waals surface area contributed by atoms with Gasteiger partial charge in [-0.3, -0.25) is 4.90 Å². The van der Waals surface area contributed by atoms with Crippen LogP contribution in [0.25, 0.3) is 0 Å². The first-order valence-electron chi connectivity index (χ1n) is 4.27. The van der Waals surface area contributed by atoms with Crippen LogP contribution in [-0.2, 0) is 0 Å². The van der Waals surface area contributed by atoms with Crippen LogP contribution in [-0.4, -0.2) is 47.3 Å². The molecule has 0 saturated carbocycles. The van der Waals surface area contributed by atoms with E-state index < -0.39 is 0 Å². The topological polar surface area (TPSA) is 23.5 Å². The third-order valence-corrected chi connectivity index (χ3v) is 2.89. The van der Waals surface area contributed by atoms with Crippen LogP contribution < -0.4 is 0 Å². The molecule has 0 aromatic heterocycles. The summed E-state index contributed by atoms with van der Waals surface area (Å²) in [5.41, 5.74) is 0. The maximum Gasteiger partial charge on any atom is 0.0639 e. The molecule has 1 heterocycles. The molecule has 1 aliphatic rings. The number of aliphatic hydroxyl groups excluding tert-OH is 1. The van der Waals surface area contributed by atoms with Crippen molar-refractivity contribution in [3.05, 3.63) is 0 Å². The summed E-state index contributed by atoms with van der Waals surface area (Å²) in [6, 6.07) is 0. The number of thioether (sulfide) groups is 1. The van der Waals surface area contributed by atoms with Crippen molar-refractivity contribution in [2.45, 2.75) is 19.4 Å². The third kappa shape index (κ3) is 3.99. The quantitative estimate of drug-likeness (QED) is 0.672. The molecule has 2 nitrogen and oxygen atoms in total. The van der Waals surface area contributed by atoms with Crippen molar-refractivity contribution in [1.82, 2.24) is 4.90 Å². The first kappa shape index (κ1) is 9.36.